The number of fused-ring (bicyclic) bond motifs is 1. The van der Waals surface area contributed by atoms with E-state index in [1.54, 1.807) is 0 Å². The minimum Gasteiger partial charge on any atom is -0.361 e. The van der Waals surface area contributed by atoms with E-state index in [0.717, 1.165) is 16.5 Å². The standard InChI is InChI=1S/C13H14F2N2/c14-13(15)6-12(7-13,8-16)10-5-17-11-4-2-1-3-9(10)11/h1-5,17H,6-8,16H2. The molecule has 2 aromatic rings. The number of nitrogens with one attached hydrogen (secondary N) is 1. The fourth-order valence-electron chi connectivity index (χ4n) is 2.89. The Morgan fingerprint density at radius 2 is 1.94 bits per heavy atom. The molecule has 3 N–H and O–H groups in total. The zero-order chi connectivity index (χ0) is 12.1. The molecule has 0 aliphatic heterocycles. The Balaban J connectivity index is 2.09. The van der Waals surface area contributed by atoms with Gasteiger partial charge in [0.2, 0.25) is 5.92 Å². The van der Waals surface area contributed by atoms with Gasteiger partial charge in [0.05, 0.1) is 0 Å². The third-order valence-electron chi connectivity index (χ3n) is 3.75. The molecule has 1 heterocycles. The van der Waals surface area contributed by atoms with Crippen molar-refractivity contribution in [2.45, 2.75) is 24.2 Å². The summed E-state index contributed by atoms with van der Waals surface area (Å²) >= 11 is 0. The van der Waals surface area contributed by atoms with Gasteiger partial charge in [0.15, 0.2) is 0 Å². The van der Waals surface area contributed by atoms with E-state index >= 15 is 0 Å². The second-order valence-corrected chi connectivity index (χ2v) is 4.94. The van der Waals surface area contributed by atoms with Gasteiger partial charge in [-0.15, -0.1) is 0 Å². The molecule has 0 saturated heterocycles. The van der Waals surface area contributed by atoms with Crippen LogP contribution in [0.5, 0.6) is 0 Å². The molecule has 4 heteroatoms. The second-order valence-electron chi connectivity index (χ2n) is 4.94. The molecule has 1 aromatic heterocycles. The van der Waals surface area contributed by atoms with Gasteiger partial charge in [-0.05, 0) is 11.6 Å². The normalized spacial score (nSPS) is 21.4. The molecule has 0 atom stereocenters. The average molecular weight is 236 g/mol. The van der Waals surface area contributed by atoms with Crippen molar-refractivity contribution in [1.82, 2.24) is 4.98 Å². The topological polar surface area (TPSA) is 41.8 Å². The predicted molar refractivity (Wildman–Crippen MR) is 63.2 cm³/mol. The highest BCUT2D eigenvalue weighted by Gasteiger charge is 2.57. The number of halogens is 2. The molecule has 0 spiro atoms. The number of hydrogen-bond donors (Lipinski definition) is 2. The first-order chi connectivity index (χ1) is 8.06. The average Bonchev–Trinajstić information content (AvgIpc) is 2.69. The van der Waals surface area contributed by atoms with Gasteiger partial charge in [0, 0.05) is 41.9 Å². The molecule has 0 radical (unpaired) electrons. The van der Waals surface area contributed by atoms with Crippen LogP contribution in [0.1, 0.15) is 18.4 Å². The van der Waals surface area contributed by atoms with E-state index < -0.39 is 11.3 Å². The molecule has 2 nitrogen and oxygen atoms in total. The van der Waals surface area contributed by atoms with Gasteiger partial charge in [0.1, 0.15) is 0 Å². The number of rotatable bonds is 2. The first kappa shape index (κ1) is 10.7. The van der Waals surface area contributed by atoms with Gasteiger partial charge in [0.25, 0.3) is 0 Å². The van der Waals surface area contributed by atoms with Crippen LogP contribution in [0.4, 0.5) is 8.78 Å². The van der Waals surface area contributed by atoms with Crippen molar-refractivity contribution >= 4 is 10.9 Å². The van der Waals surface area contributed by atoms with Gasteiger partial charge in [-0.25, -0.2) is 8.78 Å². The molecule has 0 unspecified atom stereocenters. The molecule has 90 valence electrons. The summed E-state index contributed by atoms with van der Waals surface area (Å²) in [5.41, 5.74) is 7.08. The van der Waals surface area contributed by atoms with Crippen molar-refractivity contribution < 1.29 is 8.78 Å². The van der Waals surface area contributed by atoms with E-state index in [1.165, 1.54) is 0 Å². The lowest BCUT2D eigenvalue weighted by Crippen LogP contribution is -2.53. The van der Waals surface area contributed by atoms with Crippen molar-refractivity contribution in [2.24, 2.45) is 5.73 Å². The molecule has 1 aliphatic carbocycles. The summed E-state index contributed by atoms with van der Waals surface area (Å²) in [5.74, 6) is -2.56. The van der Waals surface area contributed by atoms with Crippen LogP contribution in [0.15, 0.2) is 30.5 Å². The van der Waals surface area contributed by atoms with Crippen molar-refractivity contribution in [2.75, 3.05) is 6.54 Å². The molecule has 1 aromatic carbocycles. The van der Waals surface area contributed by atoms with Gasteiger partial charge < -0.3 is 10.7 Å². The van der Waals surface area contributed by atoms with E-state index in [-0.39, 0.29) is 19.4 Å². The third kappa shape index (κ3) is 1.47. The molecule has 0 bridgehead atoms. The number of H-pyrrole nitrogens is 1. The second kappa shape index (κ2) is 3.29. The van der Waals surface area contributed by atoms with Crippen LogP contribution < -0.4 is 5.73 Å². The van der Waals surface area contributed by atoms with E-state index in [1.807, 2.05) is 30.5 Å². The lowest BCUT2D eigenvalue weighted by Gasteiger charge is -2.46. The summed E-state index contributed by atoms with van der Waals surface area (Å²) in [6, 6.07) is 7.74. The highest BCUT2D eigenvalue weighted by Crippen LogP contribution is 2.54. The third-order valence-corrected chi connectivity index (χ3v) is 3.75. The van der Waals surface area contributed by atoms with Crippen LogP contribution in [0.2, 0.25) is 0 Å². The van der Waals surface area contributed by atoms with Crippen molar-refractivity contribution in [1.29, 1.82) is 0 Å². The zero-order valence-corrected chi connectivity index (χ0v) is 9.34. The smallest absolute Gasteiger partial charge is 0.250 e. The Hall–Kier alpha value is -1.42. The maximum atomic E-state index is 13.1. The number of aromatic nitrogens is 1. The molecule has 1 aliphatic rings. The van der Waals surface area contributed by atoms with Gasteiger partial charge in [-0.1, -0.05) is 18.2 Å². The number of alkyl halides is 2. The van der Waals surface area contributed by atoms with E-state index in [0.29, 0.717) is 0 Å². The Morgan fingerprint density at radius 3 is 2.59 bits per heavy atom. The van der Waals surface area contributed by atoms with E-state index in [9.17, 15) is 8.78 Å². The number of aromatic amines is 1. The first-order valence-electron chi connectivity index (χ1n) is 5.71. The SMILES string of the molecule is NCC1(c2c[nH]c3ccccc23)CC(F)(F)C1. The van der Waals surface area contributed by atoms with E-state index in [2.05, 4.69) is 4.98 Å². The van der Waals surface area contributed by atoms with Crippen LogP contribution >= 0.6 is 0 Å². The highest BCUT2D eigenvalue weighted by molar-refractivity contribution is 5.84. The Labute approximate surface area is 97.8 Å². The Bertz CT molecular complexity index is 551. The molecule has 1 fully saturated rings. The number of para-hydroxylation sites is 1. The molecule has 0 amide bonds. The minimum absolute atomic E-state index is 0.141. The number of hydrogen-bond acceptors (Lipinski definition) is 1. The van der Waals surface area contributed by atoms with Gasteiger partial charge in [-0.2, -0.15) is 0 Å². The molecule has 1 saturated carbocycles. The van der Waals surface area contributed by atoms with Crippen LogP contribution in [-0.2, 0) is 5.41 Å². The Morgan fingerprint density at radius 1 is 1.24 bits per heavy atom. The van der Waals surface area contributed by atoms with Crippen LogP contribution in [0.25, 0.3) is 10.9 Å². The zero-order valence-electron chi connectivity index (χ0n) is 9.34. The largest absolute Gasteiger partial charge is 0.361 e. The number of nitrogens with two attached hydrogens (primary N) is 1. The first-order valence-corrected chi connectivity index (χ1v) is 5.71. The monoisotopic (exact) mass is 236 g/mol. The molecular formula is C13H14F2N2. The van der Waals surface area contributed by atoms with Crippen LogP contribution in [-0.4, -0.2) is 17.5 Å². The van der Waals surface area contributed by atoms with Crippen molar-refractivity contribution in [3.63, 3.8) is 0 Å². The predicted octanol–water partition coefficient (Wildman–Crippen LogP) is 2.79. The molecule has 3 rings (SSSR count). The lowest BCUT2D eigenvalue weighted by atomic mass is 9.62. The maximum Gasteiger partial charge on any atom is 0.250 e. The summed E-state index contributed by atoms with van der Waals surface area (Å²) in [6.45, 7) is 0.268. The fourth-order valence-corrected chi connectivity index (χ4v) is 2.89. The number of benzene rings is 1. The Kier molecular flexibility index (Phi) is 2.08. The minimum atomic E-state index is -2.56. The fraction of sp³-hybridized carbons (Fsp3) is 0.385. The quantitative estimate of drug-likeness (QED) is 0.827. The van der Waals surface area contributed by atoms with Crippen LogP contribution in [0.3, 0.4) is 0 Å². The van der Waals surface area contributed by atoms with Crippen LogP contribution in [0, 0.1) is 0 Å². The summed E-state index contributed by atoms with van der Waals surface area (Å²) < 4.78 is 26.3. The molecular weight excluding hydrogens is 222 g/mol. The van der Waals surface area contributed by atoms with Crippen molar-refractivity contribution in [3.8, 4) is 0 Å². The highest BCUT2D eigenvalue weighted by atomic mass is 19.3. The molecule has 17 heavy (non-hydrogen) atoms. The summed E-state index contributed by atoms with van der Waals surface area (Å²) in [5, 5.41) is 1.01. The lowest BCUT2D eigenvalue weighted by molar-refractivity contribution is -0.123. The van der Waals surface area contributed by atoms with Gasteiger partial charge >= 0.3 is 0 Å². The summed E-state index contributed by atoms with van der Waals surface area (Å²) in [7, 11) is 0. The van der Waals surface area contributed by atoms with Crippen molar-refractivity contribution in [3.05, 3.63) is 36.0 Å². The summed E-state index contributed by atoms with van der Waals surface area (Å²) in [4.78, 5) is 3.12. The van der Waals surface area contributed by atoms with Gasteiger partial charge in [-0.3, -0.25) is 0 Å². The van der Waals surface area contributed by atoms with E-state index in [4.69, 9.17) is 5.73 Å². The summed E-state index contributed by atoms with van der Waals surface area (Å²) in [6.07, 6.45) is 1.55. The maximum absolute atomic E-state index is 13.1.